The summed E-state index contributed by atoms with van der Waals surface area (Å²) in [6.07, 6.45) is 0. The van der Waals surface area contributed by atoms with E-state index in [4.69, 9.17) is 5.73 Å². The van der Waals surface area contributed by atoms with E-state index in [1.165, 1.54) is 5.56 Å². The number of nitrogens with zero attached hydrogens (tertiary/aromatic N) is 1. The summed E-state index contributed by atoms with van der Waals surface area (Å²) in [5, 5.41) is 7.08. The third-order valence-corrected chi connectivity index (χ3v) is 2.39. The molecule has 1 aromatic carbocycles. The van der Waals surface area contributed by atoms with Gasteiger partial charge in [0.15, 0.2) is 0 Å². The quantitative estimate of drug-likeness (QED) is 0.719. The Morgan fingerprint density at radius 3 is 2.50 bits per heavy atom. The highest BCUT2D eigenvalue weighted by Gasteiger charge is 2.09. The number of nitrogens with one attached hydrogen (secondary N) is 1. The van der Waals surface area contributed by atoms with Crippen LogP contribution in [-0.2, 0) is 0 Å². The number of anilines is 1. The van der Waals surface area contributed by atoms with E-state index in [1.54, 1.807) is 0 Å². The first-order valence-electron chi connectivity index (χ1n) is 4.56. The smallest absolute Gasteiger partial charge is 0.116 e. The summed E-state index contributed by atoms with van der Waals surface area (Å²) in [5.41, 5.74) is 10.7. The molecular weight excluding hydrogens is 174 g/mol. The lowest BCUT2D eigenvalue weighted by atomic mass is 10.0. The molecule has 0 fully saturated rings. The molecule has 2 aromatic rings. The van der Waals surface area contributed by atoms with Gasteiger partial charge in [0.1, 0.15) is 5.69 Å². The van der Waals surface area contributed by atoms with Crippen LogP contribution in [-0.4, -0.2) is 10.2 Å². The molecule has 0 aliphatic rings. The third-order valence-electron chi connectivity index (χ3n) is 2.39. The van der Waals surface area contributed by atoms with E-state index < -0.39 is 0 Å². The molecule has 0 unspecified atom stereocenters. The topological polar surface area (TPSA) is 54.7 Å². The predicted molar refractivity (Wildman–Crippen MR) is 57.9 cm³/mol. The van der Waals surface area contributed by atoms with Crippen LogP contribution in [0.3, 0.4) is 0 Å². The normalized spacial score (nSPS) is 10.4. The highest BCUT2D eigenvalue weighted by molar-refractivity contribution is 5.76. The summed E-state index contributed by atoms with van der Waals surface area (Å²) in [6.45, 7) is 3.98. The van der Waals surface area contributed by atoms with Gasteiger partial charge < -0.3 is 5.73 Å². The monoisotopic (exact) mass is 187 g/mol. The van der Waals surface area contributed by atoms with Crippen LogP contribution < -0.4 is 5.73 Å². The molecule has 0 radical (unpaired) electrons. The molecule has 0 spiro atoms. The molecule has 3 N–H and O–H groups in total. The fourth-order valence-corrected chi connectivity index (χ4v) is 1.48. The number of H-pyrrole nitrogens is 1. The van der Waals surface area contributed by atoms with Crippen molar-refractivity contribution < 1.29 is 0 Å². The predicted octanol–water partition coefficient (Wildman–Crippen LogP) is 2.28. The van der Waals surface area contributed by atoms with Crippen molar-refractivity contribution in [1.82, 2.24) is 10.2 Å². The minimum atomic E-state index is 0.735. The first-order valence-corrected chi connectivity index (χ1v) is 4.56. The van der Waals surface area contributed by atoms with Crippen molar-refractivity contribution in [2.24, 2.45) is 0 Å². The van der Waals surface area contributed by atoms with Crippen LogP contribution in [0.25, 0.3) is 11.3 Å². The number of hydrogen-bond donors (Lipinski definition) is 2. The van der Waals surface area contributed by atoms with E-state index >= 15 is 0 Å². The maximum absolute atomic E-state index is 5.91. The van der Waals surface area contributed by atoms with Gasteiger partial charge in [-0.3, -0.25) is 5.10 Å². The lowest BCUT2D eigenvalue weighted by molar-refractivity contribution is 1.05. The highest BCUT2D eigenvalue weighted by Crippen LogP contribution is 2.27. The van der Waals surface area contributed by atoms with Crippen molar-refractivity contribution in [2.75, 3.05) is 5.73 Å². The molecule has 1 aromatic heterocycles. The standard InChI is InChI=1S/C11H13N3/c1-7-5-3-4-6-9(7)11-10(12)8(2)13-14-11/h3-6H,12H2,1-2H3,(H,13,14). The van der Waals surface area contributed by atoms with Gasteiger partial charge in [0.05, 0.1) is 11.4 Å². The Bertz CT molecular complexity index is 457. The Morgan fingerprint density at radius 1 is 1.21 bits per heavy atom. The highest BCUT2D eigenvalue weighted by atomic mass is 15.1. The molecule has 3 nitrogen and oxygen atoms in total. The van der Waals surface area contributed by atoms with Crippen LogP contribution in [0.2, 0.25) is 0 Å². The van der Waals surface area contributed by atoms with Gasteiger partial charge in [-0.15, -0.1) is 0 Å². The Kier molecular flexibility index (Phi) is 2.00. The van der Waals surface area contributed by atoms with Crippen LogP contribution in [0.15, 0.2) is 24.3 Å². The number of hydrogen-bond acceptors (Lipinski definition) is 2. The van der Waals surface area contributed by atoms with Crippen LogP contribution in [0.5, 0.6) is 0 Å². The van der Waals surface area contributed by atoms with Crippen LogP contribution in [0.1, 0.15) is 11.3 Å². The van der Waals surface area contributed by atoms with Crippen molar-refractivity contribution in [1.29, 1.82) is 0 Å². The maximum Gasteiger partial charge on any atom is 0.116 e. The van der Waals surface area contributed by atoms with Gasteiger partial charge in [-0.2, -0.15) is 5.10 Å². The van der Waals surface area contributed by atoms with Crippen molar-refractivity contribution in [3.05, 3.63) is 35.5 Å². The Labute approximate surface area is 83.0 Å². The number of rotatable bonds is 1. The van der Waals surface area contributed by atoms with Gasteiger partial charge in [-0.25, -0.2) is 0 Å². The van der Waals surface area contributed by atoms with Gasteiger partial charge >= 0.3 is 0 Å². The molecule has 0 saturated heterocycles. The van der Waals surface area contributed by atoms with E-state index in [1.807, 2.05) is 25.1 Å². The Hall–Kier alpha value is -1.77. The first-order chi connectivity index (χ1) is 6.70. The summed E-state index contributed by atoms with van der Waals surface area (Å²) in [7, 11) is 0. The first kappa shape index (κ1) is 8.81. The molecule has 1 heterocycles. The zero-order chi connectivity index (χ0) is 10.1. The fraction of sp³-hybridized carbons (Fsp3) is 0.182. The number of aryl methyl sites for hydroxylation is 2. The lowest BCUT2D eigenvalue weighted by Gasteiger charge is -2.02. The zero-order valence-corrected chi connectivity index (χ0v) is 8.33. The van der Waals surface area contributed by atoms with Crippen molar-refractivity contribution in [3.63, 3.8) is 0 Å². The van der Waals surface area contributed by atoms with Crippen molar-refractivity contribution in [3.8, 4) is 11.3 Å². The molecule has 0 aliphatic heterocycles. The molecule has 0 bridgehead atoms. The number of aromatic amines is 1. The summed E-state index contributed by atoms with van der Waals surface area (Å²) >= 11 is 0. The summed E-state index contributed by atoms with van der Waals surface area (Å²) < 4.78 is 0. The van der Waals surface area contributed by atoms with Crippen LogP contribution in [0.4, 0.5) is 5.69 Å². The van der Waals surface area contributed by atoms with Crippen LogP contribution in [0, 0.1) is 13.8 Å². The van der Waals surface area contributed by atoms with Gasteiger partial charge in [0, 0.05) is 5.56 Å². The van der Waals surface area contributed by atoms with Crippen LogP contribution >= 0.6 is 0 Å². The molecule has 14 heavy (non-hydrogen) atoms. The second-order valence-corrected chi connectivity index (χ2v) is 3.43. The lowest BCUT2D eigenvalue weighted by Crippen LogP contribution is -1.90. The minimum Gasteiger partial charge on any atom is -0.395 e. The molecule has 72 valence electrons. The van der Waals surface area contributed by atoms with Crippen molar-refractivity contribution in [2.45, 2.75) is 13.8 Å². The van der Waals surface area contributed by atoms with Gasteiger partial charge in [-0.1, -0.05) is 24.3 Å². The number of nitrogens with two attached hydrogens (primary N) is 1. The minimum absolute atomic E-state index is 0.735. The Balaban J connectivity index is 2.60. The van der Waals surface area contributed by atoms with E-state index in [9.17, 15) is 0 Å². The summed E-state index contributed by atoms with van der Waals surface area (Å²) in [6, 6.07) is 8.08. The second-order valence-electron chi connectivity index (χ2n) is 3.43. The van der Waals surface area contributed by atoms with Gasteiger partial charge in [0.2, 0.25) is 0 Å². The average Bonchev–Trinajstić information content (AvgIpc) is 2.49. The van der Waals surface area contributed by atoms with E-state index in [0.29, 0.717) is 0 Å². The SMILES string of the molecule is Cc1ccccc1-c1n[nH]c(C)c1N. The zero-order valence-electron chi connectivity index (χ0n) is 8.33. The molecule has 0 aliphatic carbocycles. The summed E-state index contributed by atoms with van der Waals surface area (Å²) in [4.78, 5) is 0. The number of nitrogen functional groups attached to an aromatic ring is 1. The van der Waals surface area contributed by atoms with E-state index in [2.05, 4.69) is 23.2 Å². The molecule has 0 amide bonds. The third kappa shape index (κ3) is 1.27. The fourth-order valence-electron chi connectivity index (χ4n) is 1.48. The van der Waals surface area contributed by atoms with Crippen molar-refractivity contribution >= 4 is 5.69 Å². The van der Waals surface area contributed by atoms with E-state index in [-0.39, 0.29) is 0 Å². The van der Waals surface area contributed by atoms with Gasteiger partial charge in [0.25, 0.3) is 0 Å². The average molecular weight is 187 g/mol. The Morgan fingerprint density at radius 2 is 1.93 bits per heavy atom. The largest absolute Gasteiger partial charge is 0.395 e. The van der Waals surface area contributed by atoms with Gasteiger partial charge in [-0.05, 0) is 19.4 Å². The summed E-state index contributed by atoms with van der Waals surface area (Å²) in [5.74, 6) is 0. The molecule has 0 atom stereocenters. The molecular formula is C11H13N3. The maximum atomic E-state index is 5.91. The number of benzene rings is 1. The molecule has 2 rings (SSSR count). The molecule has 3 heteroatoms. The molecule has 0 saturated carbocycles. The number of aromatic nitrogens is 2. The van der Waals surface area contributed by atoms with E-state index in [0.717, 1.165) is 22.6 Å². The second kappa shape index (κ2) is 3.18.